The van der Waals surface area contributed by atoms with Crippen molar-refractivity contribution in [2.24, 2.45) is 0 Å². The number of carbonyl (C=O) groups excluding carboxylic acids is 1. The number of amides is 1. The van der Waals surface area contributed by atoms with Crippen LogP contribution in [0, 0.1) is 0 Å². The topological polar surface area (TPSA) is 61.8 Å². The summed E-state index contributed by atoms with van der Waals surface area (Å²) in [5, 5.41) is 13.6. The lowest BCUT2D eigenvalue weighted by molar-refractivity contribution is -0.124. The van der Waals surface area contributed by atoms with Crippen molar-refractivity contribution in [1.29, 1.82) is 0 Å². The van der Waals surface area contributed by atoms with Crippen molar-refractivity contribution in [2.45, 2.75) is 6.10 Å². The van der Waals surface area contributed by atoms with Crippen molar-refractivity contribution in [2.75, 3.05) is 32.8 Å². The molecule has 1 aliphatic rings. The Bertz CT molecular complexity index is 485. The standard InChI is InChI=1S/C13H16Cl2N2O3/c14-9-1-2-12(11(15)5-9)20-8-10(18)6-17-4-3-16-13(19)7-17/h1-2,5,10,18H,3-4,6-8H2,(H,16,19). The molecule has 0 spiro atoms. The molecule has 1 atom stereocenters. The summed E-state index contributed by atoms with van der Waals surface area (Å²) in [6.45, 7) is 2.14. The number of nitrogens with one attached hydrogen (secondary N) is 1. The third-order valence-electron chi connectivity index (χ3n) is 2.91. The monoisotopic (exact) mass is 318 g/mol. The highest BCUT2D eigenvalue weighted by atomic mass is 35.5. The minimum absolute atomic E-state index is 0.0230. The lowest BCUT2D eigenvalue weighted by Gasteiger charge is -2.28. The maximum Gasteiger partial charge on any atom is 0.234 e. The number of carbonyl (C=O) groups is 1. The fourth-order valence-electron chi connectivity index (χ4n) is 1.98. The van der Waals surface area contributed by atoms with Crippen LogP contribution in [0.4, 0.5) is 0 Å². The number of ether oxygens (including phenoxy) is 1. The Morgan fingerprint density at radius 2 is 2.25 bits per heavy atom. The molecule has 1 heterocycles. The first-order chi connectivity index (χ1) is 9.54. The molecule has 1 unspecified atom stereocenters. The predicted octanol–water partition coefficient (Wildman–Crippen LogP) is 1.16. The molecule has 1 aliphatic heterocycles. The van der Waals surface area contributed by atoms with Gasteiger partial charge in [-0.05, 0) is 18.2 Å². The first-order valence-corrected chi connectivity index (χ1v) is 7.05. The van der Waals surface area contributed by atoms with Crippen LogP contribution in [0.25, 0.3) is 0 Å². The van der Waals surface area contributed by atoms with Gasteiger partial charge in [-0.2, -0.15) is 0 Å². The zero-order valence-electron chi connectivity index (χ0n) is 10.8. The third kappa shape index (κ3) is 4.52. The van der Waals surface area contributed by atoms with E-state index in [-0.39, 0.29) is 12.5 Å². The summed E-state index contributed by atoms with van der Waals surface area (Å²) in [5.74, 6) is 0.455. The van der Waals surface area contributed by atoms with Gasteiger partial charge in [0.25, 0.3) is 0 Å². The number of aliphatic hydroxyl groups excluding tert-OH is 1. The smallest absolute Gasteiger partial charge is 0.234 e. The first kappa shape index (κ1) is 15.4. The molecular weight excluding hydrogens is 303 g/mol. The molecule has 110 valence electrons. The van der Waals surface area contributed by atoms with Gasteiger partial charge in [-0.1, -0.05) is 23.2 Å². The van der Waals surface area contributed by atoms with E-state index < -0.39 is 6.10 Å². The first-order valence-electron chi connectivity index (χ1n) is 6.29. The van der Waals surface area contributed by atoms with Crippen molar-refractivity contribution in [1.82, 2.24) is 10.2 Å². The molecule has 1 amide bonds. The van der Waals surface area contributed by atoms with Crippen LogP contribution in [0.5, 0.6) is 5.75 Å². The van der Waals surface area contributed by atoms with Gasteiger partial charge in [0.2, 0.25) is 5.91 Å². The molecule has 7 heteroatoms. The molecule has 2 N–H and O–H groups in total. The second-order valence-electron chi connectivity index (χ2n) is 4.62. The Balaban J connectivity index is 1.79. The van der Waals surface area contributed by atoms with Crippen LogP contribution in [-0.4, -0.2) is 54.8 Å². The average Bonchev–Trinajstić information content (AvgIpc) is 2.37. The van der Waals surface area contributed by atoms with Crippen molar-refractivity contribution in [3.63, 3.8) is 0 Å². The SMILES string of the molecule is O=C1CN(CC(O)COc2ccc(Cl)cc2Cl)CCN1. The number of hydrogen-bond acceptors (Lipinski definition) is 4. The highest BCUT2D eigenvalue weighted by molar-refractivity contribution is 6.35. The van der Waals surface area contributed by atoms with Gasteiger partial charge < -0.3 is 15.2 Å². The predicted molar refractivity (Wildman–Crippen MR) is 77.4 cm³/mol. The highest BCUT2D eigenvalue weighted by Crippen LogP contribution is 2.27. The maximum absolute atomic E-state index is 11.2. The van der Waals surface area contributed by atoms with E-state index >= 15 is 0 Å². The number of β-amino-alcohol motifs (C(OH)–C–C–N with tert-alkyl or cyclic N) is 1. The van der Waals surface area contributed by atoms with E-state index in [1.807, 2.05) is 4.90 Å². The Kier molecular flexibility index (Phi) is 5.48. The number of piperazine rings is 1. The van der Waals surface area contributed by atoms with E-state index in [1.165, 1.54) is 0 Å². The van der Waals surface area contributed by atoms with Crippen LogP contribution in [0.3, 0.4) is 0 Å². The Morgan fingerprint density at radius 3 is 2.95 bits per heavy atom. The van der Waals surface area contributed by atoms with Crippen LogP contribution in [0.1, 0.15) is 0 Å². The van der Waals surface area contributed by atoms with Gasteiger partial charge in [-0.25, -0.2) is 0 Å². The van der Waals surface area contributed by atoms with Crippen LogP contribution in [-0.2, 0) is 4.79 Å². The van der Waals surface area contributed by atoms with Gasteiger partial charge in [-0.3, -0.25) is 9.69 Å². The molecule has 0 saturated carbocycles. The Hall–Kier alpha value is -1.01. The van der Waals surface area contributed by atoms with E-state index in [0.29, 0.717) is 35.4 Å². The van der Waals surface area contributed by atoms with E-state index in [0.717, 1.165) is 6.54 Å². The fraction of sp³-hybridized carbons (Fsp3) is 0.462. The van der Waals surface area contributed by atoms with Gasteiger partial charge >= 0.3 is 0 Å². The summed E-state index contributed by atoms with van der Waals surface area (Å²) < 4.78 is 5.45. The molecule has 0 radical (unpaired) electrons. The van der Waals surface area contributed by atoms with Gasteiger partial charge in [0.1, 0.15) is 18.5 Å². The minimum atomic E-state index is -0.687. The molecule has 0 aliphatic carbocycles. The number of nitrogens with zero attached hydrogens (tertiary/aromatic N) is 1. The summed E-state index contributed by atoms with van der Waals surface area (Å²) >= 11 is 11.8. The second kappa shape index (κ2) is 7.13. The lowest BCUT2D eigenvalue weighted by atomic mass is 10.3. The number of rotatable bonds is 5. The summed E-state index contributed by atoms with van der Waals surface area (Å²) in [6.07, 6.45) is -0.687. The van der Waals surface area contributed by atoms with Gasteiger partial charge in [-0.15, -0.1) is 0 Å². The summed E-state index contributed by atoms with van der Waals surface area (Å²) in [6, 6.07) is 4.91. The number of aliphatic hydroxyl groups is 1. The van der Waals surface area contributed by atoms with Crippen LogP contribution >= 0.6 is 23.2 Å². The Morgan fingerprint density at radius 1 is 1.45 bits per heavy atom. The summed E-state index contributed by atoms with van der Waals surface area (Å²) in [4.78, 5) is 13.1. The average molecular weight is 319 g/mol. The normalized spacial score (nSPS) is 17.6. The number of hydrogen-bond donors (Lipinski definition) is 2. The molecule has 0 bridgehead atoms. The lowest BCUT2D eigenvalue weighted by Crippen LogP contribution is -2.50. The fourth-order valence-corrected chi connectivity index (χ4v) is 2.44. The second-order valence-corrected chi connectivity index (χ2v) is 5.47. The molecule has 5 nitrogen and oxygen atoms in total. The van der Waals surface area contributed by atoms with E-state index in [9.17, 15) is 9.90 Å². The number of benzene rings is 1. The molecule has 1 fully saturated rings. The van der Waals surface area contributed by atoms with E-state index in [4.69, 9.17) is 27.9 Å². The van der Waals surface area contributed by atoms with Crippen LogP contribution in [0.15, 0.2) is 18.2 Å². The molecule has 0 aromatic heterocycles. The zero-order chi connectivity index (χ0) is 14.5. The van der Waals surface area contributed by atoms with Crippen molar-refractivity contribution < 1.29 is 14.6 Å². The largest absolute Gasteiger partial charge is 0.489 e. The van der Waals surface area contributed by atoms with Crippen molar-refractivity contribution in [3.8, 4) is 5.75 Å². The van der Waals surface area contributed by atoms with Crippen molar-refractivity contribution >= 4 is 29.1 Å². The van der Waals surface area contributed by atoms with E-state index in [1.54, 1.807) is 18.2 Å². The van der Waals surface area contributed by atoms with Gasteiger partial charge in [0, 0.05) is 24.7 Å². The van der Waals surface area contributed by atoms with Crippen LogP contribution < -0.4 is 10.1 Å². The third-order valence-corrected chi connectivity index (χ3v) is 3.44. The molecule has 1 aromatic rings. The Labute approximate surface area is 127 Å². The molecule has 1 aromatic carbocycles. The highest BCUT2D eigenvalue weighted by Gasteiger charge is 2.19. The quantitative estimate of drug-likeness (QED) is 0.855. The van der Waals surface area contributed by atoms with Crippen LogP contribution in [0.2, 0.25) is 10.0 Å². The molecule has 2 rings (SSSR count). The summed E-state index contributed by atoms with van der Waals surface area (Å²) in [7, 11) is 0. The van der Waals surface area contributed by atoms with Gasteiger partial charge in [0.05, 0.1) is 11.6 Å². The van der Waals surface area contributed by atoms with E-state index in [2.05, 4.69) is 5.32 Å². The zero-order valence-corrected chi connectivity index (χ0v) is 12.3. The minimum Gasteiger partial charge on any atom is -0.489 e. The summed E-state index contributed by atoms with van der Waals surface area (Å²) in [5.41, 5.74) is 0. The maximum atomic E-state index is 11.2. The molecule has 1 saturated heterocycles. The molecule has 20 heavy (non-hydrogen) atoms. The van der Waals surface area contributed by atoms with Crippen molar-refractivity contribution in [3.05, 3.63) is 28.2 Å². The molecular formula is C13H16Cl2N2O3. The van der Waals surface area contributed by atoms with Gasteiger partial charge in [0.15, 0.2) is 0 Å². The number of halogens is 2.